The van der Waals surface area contributed by atoms with Gasteiger partial charge in [0, 0.05) is 65.4 Å². The van der Waals surface area contributed by atoms with Crippen LogP contribution in [0.3, 0.4) is 0 Å². The molecule has 1 aromatic carbocycles. The number of aliphatic imine (C=N–C) groups is 1. The highest BCUT2D eigenvalue weighted by molar-refractivity contribution is 5.80. The predicted molar refractivity (Wildman–Crippen MR) is 129 cm³/mol. The standard InChI is InChI=1S/C24H40N6O2/c1-4-28-14-16-29(17-15-28)19-21-9-7-6-8-20(21)18-26-23(25-3)27-22-10-12-30(13-11-22)24(31)32-5-2/h6-9,22H,4-5,10-19H2,1-3H3,(H2,25,26,27). The SMILES string of the molecule is CCOC(=O)N1CCC(NC(=NC)NCc2ccccc2CN2CCN(CC)CC2)CC1. The maximum Gasteiger partial charge on any atom is 0.409 e. The molecule has 8 nitrogen and oxygen atoms in total. The Bertz CT molecular complexity index is 740. The molecule has 2 heterocycles. The molecule has 0 bridgehead atoms. The number of likely N-dealkylation sites (tertiary alicyclic amines) is 1. The molecule has 1 aromatic rings. The fraction of sp³-hybridized carbons (Fsp3) is 0.667. The third kappa shape index (κ3) is 7.10. The van der Waals surface area contributed by atoms with Crippen LogP contribution >= 0.6 is 0 Å². The number of piperazine rings is 1. The number of nitrogens with one attached hydrogen (secondary N) is 2. The Kier molecular flexibility index (Phi) is 9.62. The minimum absolute atomic E-state index is 0.207. The number of guanidine groups is 1. The van der Waals surface area contributed by atoms with Gasteiger partial charge in [-0.25, -0.2) is 4.79 Å². The molecule has 3 rings (SSSR count). The molecular formula is C24H40N6O2. The van der Waals surface area contributed by atoms with Crippen LogP contribution in [0.25, 0.3) is 0 Å². The number of carbonyl (C=O) groups excluding carboxylic acids is 1. The maximum atomic E-state index is 11.9. The summed E-state index contributed by atoms with van der Waals surface area (Å²) in [4.78, 5) is 23.2. The van der Waals surface area contributed by atoms with Gasteiger partial charge >= 0.3 is 6.09 Å². The summed E-state index contributed by atoms with van der Waals surface area (Å²) < 4.78 is 5.11. The number of carbonyl (C=O) groups is 1. The maximum absolute atomic E-state index is 11.9. The molecule has 0 spiro atoms. The molecule has 2 N–H and O–H groups in total. The van der Waals surface area contributed by atoms with Crippen LogP contribution < -0.4 is 10.6 Å². The number of piperidine rings is 1. The Labute approximate surface area is 193 Å². The second-order valence-electron chi connectivity index (χ2n) is 8.51. The summed E-state index contributed by atoms with van der Waals surface area (Å²) in [5.41, 5.74) is 2.69. The van der Waals surface area contributed by atoms with E-state index in [0.29, 0.717) is 25.7 Å². The number of benzene rings is 1. The van der Waals surface area contributed by atoms with Gasteiger partial charge in [0.05, 0.1) is 6.61 Å². The van der Waals surface area contributed by atoms with E-state index in [2.05, 4.69) is 56.6 Å². The molecule has 2 aliphatic rings. The van der Waals surface area contributed by atoms with Crippen LogP contribution in [0, 0.1) is 0 Å². The first kappa shape index (κ1) is 24.3. The van der Waals surface area contributed by atoms with Crippen molar-refractivity contribution in [2.24, 2.45) is 4.99 Å². The zero-order valence-electron chi connectivity index (χ0n) is 20.0. The summed E-state index contributed by atoms with van der Waals surface area (Å²) in [6.45, 7) is 13.4. The Hall–Kier alpha value is -2.32. The third-order valence-electron chi connectivity index (χ3n) is 6.46. The summed E-state index contributed by atoms with van der Waals surface area (Å²) in [7, 11) is 1.81. The Morgan fingerprint density at radius 1 is 1.03 bits per heavy atom. The van der Waals surface area contributed by atoms with E-state index in [-0.39, 0.29) is 6.09 Å². The van der Waals surface area contributed by atoms with E-state index >= 15 is 0 Å². The molecule has 1 amide bonds. The zero-order chi connectivity index (χ0) is 22.8. The summed E-state index contributed by atoms with van der Waals surface area (Å²) in [5, 5.41) is 7.01. The summed E-state index contributed by atoms with van der Waals surface area (Å²) in [6, 6.07) is 8.99. The lowest BCUT2D eigenvalue weighted by Gasteiger charge is -2.34. The van der Waals surface area contributed by atoms with Crippen LogP contribution in [0.4, 0.5) is 4.79 Å². The van der Waals surface area contributed by atoms with E-state index in [4.69, 9.17) is 4.74 Å². The van der Waals surface area contributed by atoms with E-state index in [9.17, 15) is 4.79 Å². The third-order valence-corrected chi connectivity index (χ3v) is 6.46. The van der Waals surface area contributed by atoms with Gasteiger partial charge in [0.1, 0.15) is 0 Å². The van der Waals surface area contributed by atoms with Crippen LogP contribution in [0.1, 0.15) is 37.8 Å². The van der Waals surface area contributed by atoms with E-state index in [1.165, 1.54) is 11.1 Å². The highest BCUT2D eigenvalue weighted by Gasteiger charge is 2.24. The molecule has 0 aromatic heterocycles. The van der Waals surface area contributed by atoms with E-state index in [1.54, 1.807) is 4.90 Å². The molecule has 8 heteroatoms. The van der Waals surface area contributed by atoms with Gasteiger partial charge in [-0.2, -0.15) is 0 Å². The first-order valence-corrected chi connectivity index (χ1v) is 12.0. The van der Waals surface area contributed by atoms with Crippen molar-refractivity contribution in [1.82, 2.24) is 25.3 Å². The van der Waals surface area contributed by atoms with Crippen molar-refractivity contribution >= 4 is 12.1 Å². The largest absolute Gasteiger partial charge is 0.450 e. The molecule has 2 aliphatic heterocycles. The topological polar surface area (TPSA) is 72.4 Å². The quantitative estimate of drug-likeness (QED) is 0.496. The van der Waals surface area contributed by atoms with E-state index in [0.717, 1.165) is 64.6 Å². The van der Waals surface area contributed by atoms with Gasteiger partial charge in [0.2, 0.25) is 0 Å². The molecule has 0 atom stereocenters. The molecule has 0 aliphatic carbocycles. The minimum atomic E-state index is -0.207. The minimum Gasteiger partial charge on any atom is -0.450 e. The van der Waals surface area contributed by atoms with Gasteiger partial charge in [0.15, 0.2) is 5.96 Å². The molecule has 32 heavy (non-hydrogen) atoms. The fourth-order valence-electron chi connectivity index (χ4n) is 4.38. The smallest absolute Gasteiger partial charge is 0.409 e. The number of hydrogen-bond donors (Lipinski definition) is 2. The van der Waals surface area contributed by atoms with Gasteiger partial charge in [0.25, 0.3) is 0 Å². The van der Waals surface area contributed by atoms with Gasteiger partial charge in [-0.3, -0.25) is 9.89 Å². The van der Waals surface area contributed by atoms with Gasteiger partial charge < -0.3 is 25.2 Å². The summed E-state index contributed by atoms with van der Waals surface area (Å²) >= 11 is 0. The Balaban J connectivity index is 1.47. The second kappa shape index (κ2) is 12.6. The van der Waals surface area contributed by atoms with Crippen LogP contribution in [0.15, 0.2) is 29.3 Å². The molecule has 2 fully saturated rings. The molecule has 0 radical (unpaired) electrons. The van der Waals surface area contributed by atoms with Gasteiger partial charge in [-0.15, -0.1) is 0 Å². The Morgan fingerprint density at radius 2 is 1.69 bits per heavy atom. The fourth-order valence-corrected chi connectivity index (χ4v) is 4.38. The molecule has 0 unspecified atom stereocenters. The number of hydrogen-bond acceptors (Lipinski definition) is 5. The lowest BCUT2D eigenvalue weighted by molar-refractivity contribution is 0.0963. The molecular weight excluding hydrogens is 404 g/mol. The van der Waals surface area contributed by atoms with Crippen molar-refractivity contribution in [3.05, 3.63) is 35.4 Å². The van der Waals surface area contributed by atoms with Crippen LogP contribution in [-0.2, 0) is 17.8 Å². The van der Waals surface area contributed by atoms with Crippen molar-refractivity contribution in [1.29, 1.82) is 0 Å². The monoisotopic (exact) mass is 444 g/mol. The zero-order valence-corrected chi connectivity index (χ0v) is 20.0. The number of nitrogens with zero attached hydrogens (tertiary/aromatic N) is 4. The van der Waals surface area contributed by atoms with Crippen molar-refractivity contribution in [3.8, 4) is 0 Å². The van der Waals surface area contributed by atoms with E-state index < -0.39 is 0 Å². The van der Waals surface area contributed by atoms with Crippen LogP contribution in [-0.4, -0.2) is 92.3 Å². The van der Waals surface area contributed by atoms with Crippen LogP contribution in [0.2, 0.25) is 0 Å². The lowest BCUT2D eigenvalue weighted by Crippen LogP contribution is -2.49. The Morgan fingerprint density at radius 3 is 2.31 bits per heavy atom. The van der Waals surface area contributed by atoms with Gasteiger partial charge in [-0.1, -0.05) is 31.2 Å². The molecule has 178 valence electrons. The molecule has 2 saturated heterocycles. The van der Waals surface area contributed by atoms with E-state index in [1.807, 2.05) is 14.0 Å². The van der Waals surface area contributed by atoms with Crippen molar-refractivity contribution < 1.29 is 9.53 Å². The van der Waals surface area contributed by atoms with Gasteiger partial charge in [-0.05, 0) is 37.4 Å². The van der Waals surface area contributed by atoms with Crippen LogP contribution in [0.5, 0.6) is 0 Å². The first-order valence-electron chi connectivity index (χ1n) is 12.0. The highest BCUT2D eigenvalue weighted by atomic mass is 16.6. The number of rotatable bonds is 7. The average Bonchev–Trinajstić information content (AvgIpc) is 2.83. The second-order valence-corrected chi connectivity index (χ2v) is 8.51. The highest BCUT2D eigenvalue weighted by Crippen LogP contribution is 2.14. The average molecular weight is 445 g/mol. The van der Waals surface area contributed by atoms with Crippen molar-refractivity contribution in [3.63, 3.8) is 0 Å². The predicted octanol–water partition coefficient (Wildman–Crippen LogP) is 2.11. The normalized spacial score (nSPS) is 19.1. The first-order chi connectivity index (χ1) is 15.6. The number of amides is 1. The number of ether oxygens (including phenoxy) is 1. The molecule has 0 saturated carbocycles. The van der Waals surface area contributed by atoms with Crippen molar-refractivity contribution in [2.75, 3.05) is 59.5 Å². The number of likely N-dealkylation sites (N-methyl/N-ethyl adjacent to an activating group) is 1. The summed E-state index contributed by atoms with van der Waals surface area (Å²) in [6.07, 6.45) is 1.57. The lowest BCUT2D eigenvalue weighted by atomic mass is 10.1. The van der Waals surface area contributed by atoms with Crippen molar-refractivity contribution in [2.45, 2.75) is 45.8 Å². The summed E-state index contributed by atoms with van der Waals surface area (Å²) in [5.74, 6) is 0.811.